The first-order valence-corrected chi connectivity index (χ1v) is 8.97. The van der Waals surface area contributed by atoms with Crippen molar-refractivity contribution < 1.29 is 22.9 Å². The molecular formula is C16H16N2O6S. The molecule has 132 valence electrons. The van der Waals surface area contributed by atoms with Crippen LogP contribution in [0.1, 0.15) is 22.8 Å². The highest BCUT2D eigenvalue weighted by molar-refractivity contribution is 7.91. The maximum absolute atomic E-state index is 12.3. The zero-order valence-corrected chi connectivity index (χ0v) is 14.2. The predicted molar refractivity (Wildman–Crippen MR) is 91.7 cm³/mol. The molecule has 0 atom stereocenters. The number of sulfonamides is 1. The summed E-state index contributed by atoms with van der Waals surface area (Å²) in [5.74, 6) is -0.986. The van der Waals surface area contributed by atoms with Gasteiger partial charge in [0.2, 0.25) is 10.0 Å². The molecule has 1 N–H and O–H groups in total. The van der Waals surface area contributed by atoms with E-state index in [1.807, 2.05) is 0 Å². The number of esters is 1. The van der Waals surface area contributed by atoms with Crippen LogP contribution in [0.4, 0.5) is 11.4 Å². The maximum atomic E-state index is 12.3. The van der Waals surface area contributed by atoms with Crippen LogP contribution in [0, 0.1) is 10.1 Å². The van der Waals surface area contributed by atoms with Crippen LogP contribution < -0.4 is 4.72 Å². The number of nitrogens with zero attached hydrogens (tertiary/aromatic N) is 1. The number of hydrogen-bond acceptors (Lipinski definition) is 6. The van der Waals surface area contributed by atoms with E-state index in [4.69, 9.17) is 4.74 Å². The van der Waals surface area contributed by atoms with E-state index in [-0.39, 0.29) is 29.1 Å². The van der Waals surface area contributed by atoms with E-state index in [0.717, 1.165) is 0 Å². The molecule has 0 aliphatic heterocycles. The van der Waals surface area contributed by atoms with Gasteiger partial charge in [-0.2, -0.15) is 0 Å². The Morgan fingerprint density at radius 1 is 1.20 bits per heavy atom. The highest BCUT2D eigenvalue weighted by Gasteiger charge is 2.15. The monoisotopic (exact) mass is 364 g/mol. The summed E-state index contributed by atoms with van der Waals surface area (Å²) >= 11 is 0. The Morgan fingerprint density at radius 2 is 1.92 bits per heavy atom. The van der Waals surface area contributed by atoms with Gasteiger partial charge in [-0.05, 0) is 30.7 Å². The molecule has 0 saturated heterocycles. The van der Waals surface area contributed by atoms with Crippen LogP contribution in [-0.4, -0.2) is 25.9 Å². The van der Waals surface area contributed by atoms with E-state index >= 15 is 0 Å². The summed E-state index contributed by atoms with van der Waals surface area (Å²) in [5, 5.41) is 10.8. The zero-order chi connectivity index (χ0) is 18.4. The first kappa shape index (κ1) is 18.4. The van der Waals surface area contributed by atoms with Gasteiger partial charge in [-0.3, -0.25) is 14.8 Å². The quantitative estimate of drug-likeness (QED) is 0.459. The van der Waals surface area contributed by atoms with Crippen molar-refractivity contribution >= 4 is 27.4 Å². The molecule has 0 unspecified atom stereocenters. The van der Waals surface area contributed by atoms with Crippen LogP contribution in [0.2, 0.25) is 0 Å². The van der Waals surface area contributed by atoms with Crippen molar-refractivity contribution in [1.82, 2.24) is 0 Å². The lowest BCUT2D eigenvalue weighted by molar-refractivity contribution is -0.384. The molecule has 0 fully saturated rings. The maximum Gasteiger partial charge on any atom is 0.338 e. The third-order valence-corrected chi connectivity index (χ3v) is 4.39. The second-order valence-corrected chi connectivity index (χ2v) is 6.81. The Labute approximate surface area is 144 Å². The normalized spacial score (nSPS) is 10.9. The van der Waals surface area contributed by atoms with E-state index in [9.17, 15) is 23.3 Å². The fourth-order valence-corrected chi connectivity index (χ4v) is 3.30. The fourth-order valence-electron chi connectivity index (χ4n) is 2.12. The molecule has 0 aromatic heterocycles. The lowest BCUT2D eigenvalue weighted by Crippen LogP contribution is -2.15. The number of ether oxygens (including phenoxy) is 1. The summed E-state index contributed by atoms with van der Waals surface area (Å²) in [6.07, 6.45) is 0. The van der Waals surface area contributed by atoms with E-state index in [1.165, 1.54) is 48.5 Å². The molecule has 25 heavy (non-hydrogen) atoms. The summed E-state index contributed by atoms with van der Waals surface area (Å²) < 4.78 is 31.7. The molecule has 0 aliphatic carbocycles. The lowest BCUT2D eigenvalue weighted by atomic mass is 10.2. The Hall–Kier alpha value is -2.94. The number of carbonyl (C=O) groups is 1. The smallest absolute Gasteiger partial charge is 0.338 e. The number of carbonyl (C=O) groups excluding carboxylic acids is 1. The third-order valence-electron chi connectivity index (χ3n) is 3.13. The summed E-state index contributed by atoms with van der Waals surface area (Å²) in [6, 6.07) is 11.3. The molecule has 2 rings (SSSR count). The van der Waals surface area contributed by atoms with Crippen LogP contribution in [-0.2, 0) is 20.5 Å². The lowest BCUT2D eigenvalue weighted by Gasteiger charge is -2.09. The number of anilines is 1. The van der Waals surface area contributed by atoms with Gasteiger partial charge in [0.05, 0.1) is 22.8 Å². The van der Waals surface area contributed by atoms with Crippen molar-refractivity contribution in [3.05, 3.63) is 69.8 Å². The van der Waals surface area contributed by atoms with Gasteiger partial charge >= 0.3 is 5.97 Å². The minimum Gasteiger partial charge on any atom is -0.462 e. The molecule has 2 aromatic rings. The van der Waals surface area contributed by atoms with Crippen molar-refractivity contribution in [2.24, 2.45) is 0 Å². The van der Waals surface area contributed by atoms with Crippen molar-refractivity contribution in [2.45, 2.75) is 12.7 Å². The van der Waals surface area contributed by atoms with Gasteiger partial charge in [-0.25, -0.2) is 13.2 Å². The molecule has 0 spiro atoms. The Morgan fingerprint density at radius 3 is 2.60 bits per heavy atom. The van der Waals surface area contributed by atoms with Crippen molar-refractivity contribution in [3.8, 4) is 0 Å². The van der Waals surface area contributed by atoms with Gasteiger partial charge in [0.25, 0.3) is 5.69 Å². The number of benzene rings is 2. The second kappa shape index (κ2) is 7.75. The van der Waals surface area contributed by atoms with E-state index in [2.05, 4.69) is 4.72 Å². The first-order chi connectivity index (χ1) is 11.8. The van der Waals surface area contributed by atoms with E-state index in [1.54, 1.807) is 6.92 Å². The summed E-state index contributed by atoms with van der Waals surface area (Å²) in [4.78, 5) is 21.9. The highest BCUT2D eigenvalue weighted by atomic mass is 32.2. The first-order valence-electron chi connectivity index (χ1n) is 7.32. The minimum absolute atomic E-state index is 0.183. The molecule has 9 heteroatoms. The highest BCUT2D eigenvalue weighted by Crippen LogP contribution is 2.18. The van der Waals surface area contributed by atoms with Gasteiger partial charge in [-0.15, -0.1) is 0 Å². The number of nitro benzene ring substituents is 1. The van der Waals surface area contributed by atoms with Crippen molar-refractivity contribution in [3.63, 3.8) is 0 Å². The molecule has 0 saturated carbocycles. The van der Waals surface area contributed by atoms with Crippen LogP contribution in [0.15, 0.2) is 48.5 Å². The van der Waals surface area contributed by atoms with Crippen LogP contribution in [0.3, 0.4) is 0 Å². The van der Waals surface area contributed by atoms with E-state index in [0.29, 0.717) is 0 Å². The molecule has 2 aromatic carbocycles. The predicted octanol–water partition coefficient (Wildman–Crippen LogP) is 2.71. The largest absolute Gasteiger partial charge is 0.462 e. The Bertz CT molecular complexity index is 895. The zero-order valence-electron chi connectivity index (χ0n) is 13.3. The molecule has 0 amide bonds. The summed E-state index contributed by atoms with van der Waals surface area (Å²) in [5.41, 5.74) is 0.522. The average Bonchev–Trinajstić information content (AvgIpc) is 2.54. The topological polar surface area (TPSA) is 116 Å². The minimum atomic E-state index is -3.81. The van der Waals surface area contributed by atoms with Gasteiger partial charge in [0, 0.05) is 17.8 Å². The van der Waals surface area contributed by atoms with Gasteiger partial charge < -0.3 is 4.74 Å². The average molecular weight is 364 g/mol. The van der Waals surface area contributed by atoms with Gasteiger partial charge in [-0.1, -0.05) is 18.2 Å². The molecule has 0 aliphatic rings. The molecule has 0 bridgehead atoms. The van der Waals surface area contributed by atoms with Crippen LogP contribution >= 0.6 is 0 Å². The number of hydrogen-bond donors (Lipinski definition) is 1. The summed E-state index contributed by atoms with van der Waals surface area (Å²) in [6.45, 7) is 1.88. The Kier molecular flexibility index (Phi) is 5.71. The number of non-ortho nitro benzene ring substituents is 1. The molecular weight excluding hydrogens is 348 g/mol. The molecule has 0 heterocycles. The third kappa shape index (κ3) is 5.28. The number of nitro groups is 1. The van der Waals surface area contributed by atoms with Crippen LogP contribution in [0.25, 0.3) is 0 Å². The fraction of sp³-hybridized carbons (Fsp3) is 0.188. The van der Waals surface area contributed by atoms with Crippen LogP contribution in [0.5, 0.6) is 0 Å². The number of rotatable bonds is 7. The number of nitrogens with one attached hydrogen (secondary N) is 1. The van der Waals surface area contributed by atoms with Gasteiger partial charge in [0.15, 0.2) is 0 Å². The van der Waals surface area contributed by atoms with Gasteiger partial charge in [0.1, 0.15) is 0 Å². The summed E-state index contributed by atoms with van der Waals surface area (Å²) in [7, 11) is -3.81. The van der Waals surface area contributed by atoms with Crippen molar-refractivity contribution in [1.29, 1.82) is 0 Å². The molecule has 0 radical (unpaired) electrons. The van der Waals surface area contributed by atoms with Crippen molar-refractivity contribution in [2.75, 3.05) is 11.3 Å². The SMILES string of the molecule is CCOC(=O)c1cccc(NS(=O)(=O)Cc2cccc([N+](=O)[O-])c2)c1. The Balaban J connectivity index is 2.16. The van der Waals surface area contributed by atoms with E-state index < -0.39 is 26.7 Å². The standard InChI is InChI=1S/C16H16N2O6S/c1-2-24-16(19)13-6-4-7-14(10-13)17-25(22,23)11-12-5-3-8-15(9-12)18(20)21/h3-10,17H,2,11H2,1H3. The second-order valence-electron chi connectivity index (χ2n) is 5.09. The molecule has 8 nitrogen and oxygen atoms in total.